The first-order valence-corrected chi connectivity index (χ1v) is 8.65. The monoisotopic (exact) mass is 380 g/mol. The molecule has 28 heavy (non-hydrogen) atoms. The lowest BCUT2D eigenvalue weighted by Gasteiger charge is -2.13. The minimum atomic E-state index is -4.48. The van der Waals surface area contributed by atoms with Gasteiger partial charge in [0.2, 0.25) is 0 Å². The Labute approximate surface area is 158 Å². The summed E-state index contributed by atoms with van der Waals surface area (Å²) in [6, 6.07) is 22.0. The highest BCUT2D eigenvalue weighted by Crippen LogP contribution is 2.30. The number of carbonyl (C=O) groups excluding carboxylic acids is 1. The first-order valence-electron chi connectivity index (χ1n) is 8.65. The number of nitrogens with one attached hydrogen (secondary N) is 1. The molecule has 0 fully saturated rings. The largest absolute Gasteiger partial charge is 0.405 e. The topological polar surface area (TPSA) is 42.0 Å². The summed E-state index contributed by atoms with van der Waals surface area (Å²) in [5.41, 5.74) is 2.06. The molecule has 1 N–H and O–H groups in total. The average Bonchev–Trinajstić information content (AvgIpc) is 2.70. The molecule has 0 atom stereocenters. The summed E-state index contributed by atoms with van der Waals surface area (Å²) < 4.78 is 37.6. The van der Waals surface area contributed by atoms with E-state index >= 15 is 0 Å². The van der Waals surface area contributed by atoms with Gasteiger partial charge < -0.3 is 5.32 Å². The molecule has 6 heteroatoms. The Kier molecular flexibility index (Phi) is 4.47. The molecule has 1 heterocycles. The van der Waals surface area contributed by atoms with Gasteiger partial charge in [0.25, 0.3) is 5.91 Å². The summed E-state index contributed by atoms with van der Waals surface area (Å²) in [4.78, 5) is 17.2. The zero-order valence-electron chi connectivity index (χ0n) is 14.6. The number of fused-ring (bicyclic) bond motifs is 2. The van der Waals surface area contributed by atoms with Gasteiger partial charge in [-0.2, -0.15) is 13.2 Å². The van der Waals surface area contributed by atoms with Gasteiger partial charge >= 0.3 is 6.18 Å². The second kappa shape index (κ2) is 6.96. The van der Waals surface area contributed by atoms with Crippen molar-refractivity contribution in [2.24, 2.45) is 0 Å². The molecule has 0 aliphatic carbocycles. The van der Waals surface area contributed by atoms with Crippen LogP contribution in [0.4, 0.5) is 13.2 Å². The summed E-state index contributed by atoms with van der Waals surface area (Å²) in [5, 5.41) is 4.43. The molecule has 0 saturated heterocycles. The second-order valence-corrected chi connectivity index (χ2v) is 6.40. The normalized spacial score (nSPS) is 11.7. The average molecular weight is 380 g/mol. The smallest absolute Gasteiger partial charge is 0.343 e. The highest BCUT2D eigenvalue weighted by molar-refractivity contribution is 6.08. The van der Waals surface area contributed by atoms with Crippen LogP contribution in [-0.2, 0) is 0 Å². The Morgan fingerprint density at radius 2 is 1.57 bits per heavy atom. The zero-order chi connectivity index (χ0) is 19.7. The van der Waals surface area contributed by atoms with Crippen molar-refractivity contribution >= 4 is 27.6 Å². The molecular formula is C22H15F3N2O. The van der Waals surface area contributed by atoms with E-state index < -0.39 is 18.6 Å². The molecule has 0 aliphatic rings. The van der Waals surface area contributed by atoms with Crippen molar-refractivity contribution in [1.82, 2.24) is 10.3 Å². The zero-order valence-corrected chi connectivity index (χ0v) is 14.6. The van der Waals surface area contributed by atoms with Gasteiger partial charge in [-0.15, -0.1) is 0 Å². The van der Waals surface area contributed by atoms with Crippen LogP contribution in [0.1, 0.15) is 10.4 Å². The van der Waals surface area contributed by atoms with Crippen LogP contribution in [0.25, 0.3) is 32.9 Å². The predicted molar refractivity (Wildman–Crippen MR) is 103 cm³/mol. The van der Waals surface area contributed by atoms with Crippen molar-refractivity contribution < 1.29 is 18.0 Å². The number of para-hydroxylation sites is 1. The first kappa shape index (κ1) is 18.0. The Morgan fingerprint density at radius 3 is 2.36 bits per heavy atom. The lowest BCUT2D eigenvalue weighted by atomic mass is 9.99. The van der Waals surface area contributed by atoms with Gasteiger partial charge in [0.05, 0.1) is 16.8 Å². The maximum Gasteiger partial charge on any atom is 0.405 e. The maximum absolute atomic E-state index is 12.5. The Hall–Kier alpha value is -3.41. The molecule has 140 valence electrons. The van der Waals surface area contributed by atoms with Crippen molar-refractivity contribution in [3.8, 4) is 11.3 Å². The molecule has 0 saturated carbocycles. The Morgan fingerprint density at radius 1 is 0.893 bits per heavy atom. The number of alkyl halides is 3. The van der Waals surface area contributed by atoms with Crippen molar-refractivity contribution in [3.63, 3.8) is 0 Å². The number of pyridine rings is 1. The standard InChI is InChI=1S/C22H15F3N2O/c23-22(24,25)13-26-21(28)18-12-20(27-19-11-4-3-9-17(18)19)16-10-5-7-14-6-1-2-8-15(14)16/h1-12H,13H2,(H,26,28). The number of carbonyl (C=O) groups is 1. The number of hydrogen-bond donors (Lipinski definition) is 1. The number of nitrogens with zero attached hydrogens (tertiary/aromatic N) is 1. The fraction of sp³-hybridized carbons (Fsp3) is 0.0909. The van der Waals surface area contributed by atoms with E-state index in [0.717, 1.165) is 16.3 Å². The molecule has 0 unspecified atom stereocenters. The van der Waals surface area contributed by atoms with Crippen LogP contribution in [0.5, 0.6) is 0 Å². The predicted octanol–water partition coefficient (Wildman–Crippen LogP) is 5.35. The number of halogens is 3. The van der Waals surface area contributed by atoms with Gasteiger partial charge in [-0.25, -0.2) is 4.98 Å². The molecule has 1 aromatic heterocycles. The highest BCUT2D eigenvalue weighted by atomic mass is 19.4. The van der Waals surface area contributed by atoms with Crippen molar-refractivity contribution in [3.05, 3.63) is 78.4 Å². The van der Waals surface area contributed by atoms with Crippen LogP contribution in [0.3, 0.4) is 0 Å². The van der Waals surface area contributed by atoms with Crippen LogP contribution >= 0.6 is 0 Å². The fourth-order valence-electron chi connectivity index (χ4n) is 3.23. The van der Waals surface area contributed by atoms with Gasteiger partial charge in [-0.1, -0.05) is 60.7 Å². The van der Waals surface area contributed by atoms with Gasteiger partial charge in [0.15, 0.2) is 0 Å². The minimum absolute atomic E-state index is 0.165. The third-order valence-corrected chi connectivity index (χ3v) is 4.48. The van der Waals surface area contributed by atoms with E-state index in [2.05, 4.69) is 4.98 Å². The fourth-order valence-corrected chi connectivity index (χ4v) is 3.23. The third kappa shape index (κ3) is 3.53. The van der Waals surface area contributed by atoms with Gasteiger partial charge in [0.1, 0.15) is 6.54 Å². The number of rotatable bonds is 3. The maximum atomic E-state index is 12.5. The Bertz CT molecular complexity index is 1180. The SMILES string of the molecule is O=C(NCC(F)(F)F)c1cc(-c2cccc3ccccc23)nc2ccccc12. The summed E-state index contributed by atoms with van der Waals surface area (Å²) in [6.07, 6.45) is -4.48. The first-order chi connectivity index (χ1) is 13.4. The van der Waals surface area contributed by atoms with Crippen molar-refractivity contribution in [2.45, 2.75) is 6.18 Å². The van der Waals surface area contributed by atoms with E-state index in [0.29, 0.717) is 16.6 Å². The van der Waals surface area contributed by atoms with E-state index in [9.17, 15) is 18.0 Å². The summed E-state index contributed by atoms with van der Waals surface area (Å²) in [7, 11) is 0. The highest BCUT2D eigenvalue weighted by Gasteiger charge is 2.28. The van der Waals surface area contributed by atoms with Crippen LogP contribution in [0.15, 0.2) is 72.8 Å². The van der Waals surface area contributed by atoms with Gasteiger partial charge in [0, 0.05) is 10.9 Å². The van der Waals surface area contributed by atoms with Crippen LogP contribution in [0.2, 0.25) is 0 Å². The van der Waals surface area contributed by atoms with Crippen molar-refractivity contribution in [1.29, 1.82) is 0 Å². The van der Waals surface area contributed by atoms with E-state index in [1.54, 1.807) is 30.3 Å². The van der Waals surface area contributed by atoms with Crippen LogP contribution < -0.4 is 5.32 Å². The molecule has 1 amide bonds. The molecular weight excluding hydrogens is 365 g/mol. The van der Waals surface area contributed by atoms with E-state index in [4.69, 9.17) is 0 Å². The van der Waals surface area contributed by atoms with Crippen molar-refractivity contribution in [2.75, 3.05) is 6.54 Å². The number of benzene rings is 3. The van der Waals surface area contributed by atoms with Crippen LogP contribution in [-0.4, -0.2) is 23.6 Å². The summed E-state index contributed by atoms with van der Waals surface area (Å²) in [6.45, 7) is -1.38. The molecule has 0 aliphatic heterocycles. The second-order valence-electron chi connectivity index (χ2n) is 6.40. The molecule has 0 radical (unpaired) electrons. The van der Waals surface area contributed by atoms with E-state index in [1.807, 2.05) is 47.8 Å². The molecule has 0 bridgehead atoms. The van der Waals surface area contributed by atoms with Gasteiger partial charge in [-0.05, 0) is 22.9 Å². The van der Waals surface area contributed by atoms with Gasteiger partial charge in [-0.3, -0.25) is 4.79 Å². The van der Waals surface area contributed by atoms with E-state index in [1.165, 1.54) is 0 Å². The Balaban J connectivity index is 1.88. The minimum Gasteiger partial charge on any atom is -0.343 e. The lowest BCUT2D eigenvalue weighted by Crippen LogP contribution is -2.33. The number of aromatic nitrogens is 1. The third-order valence-electron chi connectivity index (χ3n) is 4.48. The number of amides is 1. The number of hydrogen-bond acceptors (Lipinski definition) is 2. The summed E-state index contributed by atoms with van der Waals surface area (Å²) in [5.74, 6) is -0.780. The molecule has 4 aromatic rings. The molecule has 3 nitrogen and oxygen atoms in total. The lowest BCUT2D eigenvalue weighted by molar-refractivity contribution is -0.123. The molecule has 4 rings (SSSR count). The molecule has 0 spiro atoms. The quantitative estimate of drug-likeness (QED) is 0.521. The van der Waals surface area contributed by atoms with E-state index in [-0.39, 0.29) is 5.56 Å². The molecule has 3 aromatic carbocycles. The van der Waals surface area contributed by atoms with Crippen LogP contribution in [0, 0.1) is 0 Å². The summed E-state index contributed by atoms with van der Waals surface area (Å²) >= 11 is 0.